The lowest BCUT2D eigenvalue weighted by Gasteiger charge is -2.19. The Morgan fingerprint density at radius 1 is 1.07 bits per heavy atom. The van der Waals surface area contributed by atoms with Crippen molar-refractivity contribution in [2.75, 3.05) is 13.7 Å². The second-order valence-electron chi connectivity index (χ2n) is 6.23. The number of nitrogens with one attached hydrogen (secondary N) is 1. The van der Waals surface area contributed by atoms with Crippen molar-refractivity contribution in [2.45, 2.75) is 12.5 Å². The average Bonchev–Trinajstić information content (AvgIpc) is 2.71. The molecule has 0 bridgehead atoms. The Kier molecular flexibility index (Phi) is 7.00. The van der Waals surface area contributed by atoms with Gasteiger partial charge in [0.05, 0.1) is 12.6 Å². The molecule has 0 aliphatic heterocycles. The highest BCUT2D eigenvalue weighted by atomic mass is 35.5. The fourth-order valence-corrected chi connectivity index (χ4v) is 2.90. The summed E-state index contributed by atoms with van der Waals surface area (Å²) in [6, 6.07) is 20.0. The zero-order valence-electron chi connectivity index (χ0n) is 15.5. The SMILES string of the molecule is COC[C@H](Cc1ccccc1)NC(=O)c1cccnc1Oc1ccc(Cl)cc1. The number of carbonyl (C=O) groups excluding carboxylic acids is 1. The van der Waals surface area contributed by atoms with Crippen molar-refractivity contribution in [3.63, 3.8) is 0 Å². The largest absolute Gasteiger partial charge is 0.438 e. The normalized spacial score (nSPS) is 11.6. The maximum Gasteiger partial charge on any atom is 0.257 e. The van der Waals surface area contributed by atoms with E-state index in [4.69, 9.17) is 21.1 Å². The van der Waals surface area contributed by atoms with Crippen LogP contribution in [0.4, 0.5) is 0 Å². The molecule has 0 radical (unpaired) electrons. The van der Waals surface area contributed by atoms with Crippen LogP contribution in [0.5, 0.6) is 11.6 Å². The highest BCUT2D eigenvalue weighted by Gasteiger charge is 2.19. The smallest absolute Gasteiger partial charge is 0.257 e. The zero-order valence-corrected chi connectivity index (χ0v) is 16.2. The quantitative estimate of drug-likeness (QED) is 0.608. The highest BCUT2D eigenvalue weighted by molar-refractivity contribution is 6.30. The molecule has 5 nitrogen and oxygen atoms in total. The number of hydrogen-bond acceptors (Lipinski definition) is 4. The van der Waals surface area contributed by atoms with Gasteiger partial charge in [-0.2, -0.15) is 0 Å². The summed E-state index contributed by atoms with van der Waals surface area (Å²) in [6.45, 7) is 0.397. The molecule has 6 heteroatoms. The van der Waals surface area contributed by atoms with Gasteiger partial charge in [0.1, 0.15) is 11.3 Å². The number of halogens is 1. The third-order valence-electron chi connectivity index (χ3n) is 4.07. The summed E-state index contributed by atoms with van der Waals surface area (Å²) in [6.07, 6.45) is 2.24. The molecule has 0 saturated heterocycles. The first-order valence-electron chi connectivity index (χ1n) is 8.88. The number of nitrogens with zero attached hydrogens (tertiary/aromatic N) is 1. The number of methoxy groups -OCH3 is 1. The molecule has 0 aliphatic rings. The van der Waals surface area contributed by atoms with Crippen LogP contribution < -0.4 is 10.1 Å². The lowest BCUT2D eigenvalue weighted by molar-refractivity contribution is 0.0894. The molecule has 28 heavy (non-hydrogen) atoms. The summed E-state index contributed by atoms with van der Waals surface area (Å²) >= 11 is 5.90. The van der Waals surface area contributed by atoms with Crippen LogP contribution in [0.15, 0.2) is 72.9 Å². The van der Waals surface area contributed by atoms with E-state index in [0.717, 1.165) is 5.56 Å². The van der Waals surface area contributed by atoms with Crippen LogP contribution in [-0.4, -0.2) is 30.6 Å². The van der Waals surface area contributed by atoms with Gasteiger partial charge in [0.2, 0.25) is 5.88 Å². The van der Waals surface area contributed by atoms with Gasteiger partial charge in [-0.15, -0.1) is 0 Å². The van der Waals surface area contributed by atoms with Gasteiger partial charge in [0, 0.05) is 18.3 Å². The number of ether oxygens (including phenoxy) is 2. The molecule has 1 atom stereocenters. The van der Waals surface area contributed by atoms with Gasteiger partial charge in [-0.1, -0.05) is 41.9 Å². The Morgan fingerprint density at radius 2 is 1.82 bits per heavy atom. The topological polar surface area (TPSA) is 60.5 Å². The van der Waals surface area contributed by atoms with Crippen LogP contribution in [0.25, 0.3) is 0 Å². The minimum absolute atomic E-state index is 0.177. The minimum atomic E-state index is -0.268. The fraction of sp³-hybridized carbons (Fsp3) is 0.182. The van der Waals surface area contributed by atoms with Crippen molar-refractivity contribution in [3.05, 3.63) is 89.1 Å². The fourth-order valence-electron chi connectivity index (χ4n) is 2.77. The van der Waals surface area contributed by atoms with Crippen molar-refractivity contribution in [1.82, 2.24) is 10.3 Å². The summed E-state index contributed by atoms with van der Waals surface area (Å²) in [7, 11) is 1.61. The number of rotatable bonds is 8. The first kappa shape index (κ1) is 19.9. The minimum Gasteiger partial charge on any atom is -0.438 e. The van der Waals surface area contributed by atoms with Crippen molar-refractivity contribution in [2.24, 2.45) is 0 Å². The predicted octanol–water partition coefficient (Wildman–Crippen LogP) is 4.51. The van der Waals surface area contributed by atoms with Gasteiger partial charge in [0.15, 0.2) is 0 Å². The van der Waals surface area contributed by atoms with E-state index in [1.807, 2.05) is 30.3 Å². The second-order valence-corrected chi connectivity index (χ2v) is 6.66. The third kappa shape index (κ3) is 5.55. The van der Waals surface area contributed by atoms with Crippen LogP contribution in [0.2, 0.25) is 5.02 Å². The van der Waals surface area contributed by atoms with Crippen LogP contribution >= 0.6 is 11.6 Å². The number of carbonyl (C=O) groups is 1. The van der Waals surface area contributed by atoms with E-state index < -0.39 is 0 Å². The van der Waals surface area contributed by atoms with Crippen molar-refractivity contribution in [3.8, 4) is 11.6 Å². The van der Waals surface area contributed by atoms with Crippen LogP contribution in [0.1, 0.15) is 15.9 Å². The van der Waals surface area contributed by atoms with Crippen molar-refractivity contribution in [1.29, 1.82) is 0 Å². The maximum absolute atomic E-state index is 12.9. The van der Waals surface area contributed by atoms with Crippen LogP contribution in [0.3, 0.4) is 0 Å². The van der Waals surface area contributed by atoms with E-state index in [2.05, 4.69) is 10.3 Å². The zero-order chi connectivity index (χ0) is 19.8. The van der Waals surface area contributed by atoms with E-state index >= 15 is 0 Å². The molecule has 1 aromatic heterocycles. The molecule has 0 fully saturated rings. The Labute approximate surface area is 169 Å². The molecule has 144 valence electrons. The second kappa shape index (κ2) is 9.88. The molecule has 1 amide bonds. The summed E-state index contributed by atoms with van der Waals surface area (Å²) < 4.78 is 11.1. The summed E-state index contributed by atoms with van der Waals surface area (Å²) in [5.74, 6) is 0.517. The van der Waals surface area contributed by atoms with Gasteiger partial charge in [-0.3, -0.25) is 4.79 Å². The number of benzene rings is 2. The molecular weight excluding hydrogens is 376 g/mol. The molecule has 2 aromatic carbocycles. The van der Waals surface area contributed by atoms with Crippen LogP contribution in [-0.2, 0) is 11.2 Å². The van der Waals surface area contributed by atoms with Crippen molar-refractivity contribution >= 4 is 17.5 Å². The van der Waals surface area contributed by atoms with Gasteiger partial charge in [0.25, 0.3) is 5.91 Å². The number of hydrogen-bond donors (Lipinski definition) is 1. The average molecular weight is 397 g/mol. The molecule has 1 N–H and O–H groups in total. The summed E-state index contributed by atoms with van der Waals surface area (Å²) in [5, 5.41) is 3.62. The Bertz CT molecular complexity index is 901. The first-order valence-corrected chi connectivity index (χ1v) is 9.25. The molecule has 0 spiro atoms. The van der Waals surface area contributed by atoms with E-state index in [1.165, 1.54) is 0 Å². The van der Waals surface area contributed by atoms with Gasteiger partial charge in [-0.05, 0) is 48.4 Å². The lowest BCUT2D eigenvalue weighted by atomic mass is 10.1. The molecule has 0 unspecified atom stereocenters. The lowest BCUT2D eigenvalue weighted by Crippen LogP contribution is -2.39. The molecule has 3 aromatic rings. The summed E-state index contributed by atoms with van der Waals surface area (Å²) in [5.41, 5.74) is 1.47. The molecule has 3 rings (SSSR count). The van der Waals surface area contributed by atoms with Gasteiger partial charge in [-0.25, -0.2) is 4.98 Å². The molecule has 1 heterocycles. The first-order chi connectivity index (χ1) is 13.7. The van der Waals surface area contributed by atoms with Crippen molar-refractivity contribution < 1.29 is 14.3 Å². The number of amides is 1. The predicted molar refractivity (Wildman–Crippen MR) is 109 cm³/mol. The maximum atomic E-state index is 12.9. The molecule has 0 aliphatic carbocycles. The van der Waals surface area contributed by atoms with Gasteiger partial charge < -0.3 is 14.8 Å². The number of aromatic nitrogens is 1. The van der Waals surface area contributed by atoms with Crippen LogP contribution in [0, 0.1) is 0 Å². The van der Waals surface area contributed by atoms with Gasteiger partial charge >= 0.3 is 0 Å². The third-order valence-corrected chi connectivity index (χ3v) is 4.32. The number of pyridine rings is 1. The molecule has 0 saturated carbocycles. The Balaban J connectivity index is 1.74. The standard InChI is InChI=1S/C22H21ClN2O3/c1-27-15-18(14-16-6-3-2-4-7-16)25-21(26)20-8-5-13-24-22(20)28-19-11-9-17(23)10-12-19/h2-13,18H,14-15H2,1H3,(H,25,26)/t18-/m0/s1. The Morgan fingerprint density at radius 3 is 2.54 bits per heavy atom. The van der Waals surface area contributed by atoms with E-state index in [0.29, 0.717) is 29.4 Å². The monoisotopic (exact) mass is 396 g/mol. The van der Waals surface area contributed by atoms with E-state index in [-0.39, 0.29) is 17.8 Å². The summed E-state index contributed by atoms with van der Waals surface area (Å²) in [4.78, 5) is 17.1. The van der Waals surface area contributed by atoms with E-state index in [9.17, 15) is 4.79 Å². The highest BCUT2D eigenvalue weighted by Crippen LogP contribution is 2.24. The molecular formula is C22H21ClN2O3. The van der Waals surface area contributed by atoms with E-state index in [1.54, 1.807) is 49.7 Å². The Hall–Kier alpha value is -2.89.